The highest BCUT2D eigenvalue weighted by molar-refractivity contribution is 6.22. The molecule has 1 aliphatic carbocycles. The van der Waals surface area contributed by atoms with Crippen LogP contribution in [0.4, 0.5) is 11.4 Å². The lowest BCUT2D eigenvalue weighted by atomic mass is 9.85. The van der Waals surface area contributed by atoms with Crippen molar-refractivity contribution in [2.45, 2.75) is 40.0 Å². The molecule has 2 aromatic carbocycles. The molecule has 0 N–H and O–H groups in total. The SMILES string of the molecule is Cc1ccc(N2C[C@H](C(=O)Oc3ccc(N4C(=O)[C@H]5CC=CC[C@H]5C4=O)c(C)c3)CC2=O)c(C)c1. The molecule has 5 rings (SSSR count). The molecule has 0 bridgehead atoms. The van der Waals surface area contributed by atoms with Crippen LogP contribution in [0.25, 0.3) is 0 Å². The third kappa shape index (κ3) is 4.05. The second kappa shape index (κ2) is 8.80. The molecule has 2 heterocycles. The van der Waals surface area contributed by atoms with Crippen molar-refractivity contribution in [3.8, 4) is 5.75 Å². The van der Waals surface area contributed by atoms with Gasteiger partial charge < -0.3 is 9.64 Å². The Kier molecular flexibility index (Phi) is 5.79. The number of ether oxygens (including phenoxy) is 1. The van der Waals surface area contributed by atoms with E-state index in [1.54, 1.807) is 30.0 Å². The Labute approximate surface area is 204 Å². The van der Waals surface area contributed by atoms with Gasteiger partial charge in [-0.2, -0.15) is 0 Å². The van der Waals surface area contributed by atoms with E-state index in [-0.39, 0.29) is 42.5 Å². The third-order valence-electron chi connectivity index (χ3n) is 7.24. The maximum Gasteiger partial charge on any atom is 0.316 e. The maximum absolute atomic E-state index is 12.9. The summed E-state index contributed by atoms with van der Waals surface area (Å²) in [5, 5.41) is 0. The normalized spacial score (nSPS) is 23.7. The highest BCUT2D eigenvalue weighted by Crippen LogP contribution is 2.39. The fourth-order valence-electron chi connectivity index (χ4n) is 5.39. The largest absolute Gasteiger partial charge is 0.426 e. The topological polar surface area (TPSA) is 84.0 Å². The van der Waals surface area contributed by atoms with Crippen LogP contribution in [0.1, 0.15) is 36.0 Å². The van der Waals surface area contributed by atoms with Crippen molar-refractivity contribution < 1.29 is 23.9 Å². The number of esters is 1. The number of rotatable bonds is 4. The number of nitrogens with zero attached hydrogens (tertiary/aromatic N) is 2. The summed E-state index contributed by atoms with van der Waals surface area (Å²) in [4.78, 5) is 54.3. The van der Waals surface area contributed by atoms with Gasteiger partial charge in [-0.05, 0) is 69.0 Å². The van der Waals surface area contributed by atoms with Crippen LogP contribution in [0.15, 0.2) is 48.6 Å². The molecular weight excluding hydrogens is 444 g/mol. The Morgan fingerprint density at radius 1 is 0.857 bits per heavy atom. The number of hydrogen-bond acceptors (Lipinski definition) is 5. The van der Waals surface area contributed by atoms with E-state index in [9.17, 15) is 19.2 Å². The summed E-state index contributed by atoms with van der Waals surface area (Å²) in [5.74, 6) is -1.77. The molecule has 3 atom stereocenters. The van der Waals surface area contributed by atoms with Crippen LogP contribution in [0.5, 0.6) is 5.75 Å². The lowest BCUT2D eigenvalue weighted by molar-refractivity contribution is -0.139. The summed E-state index contributed by atoms with van der Waals surface area (Å²) in [6, 6.07) is 10.8. The molecule has 0 spiro atoms. The summed E-state index contributed by atoms with van der Waals surface area (Å²) in [6.45, 7) is 6.00. The standard InChI is InChI=1S/C28H28N2O5/c1-16-8-10-23(17(2)12-16)29-15-19(14-25(29)31)28(34)35-20-9-11-24(18(3)13-20)30-26(32)21-6-4-5-7-22(21)27(30)33/h4-5,8-13,19,21-22H,6-7,14-15H2,1-3H3/t19-,21-,22+/m1/s1. The Balaban J connectivity index is 1.29. The first-order valence-electron chi connectivity index (χ1n) is 12.0. The Hall–Kier alpha value is -3.74. The molecule has 35 heavy (non-hydrogen) atoms. The van der Waals surface area contributed by atoms with Crippen molar-refractivity contribution in [3.63, 3.8) is 0 Å². The van der Waals surface area contributed by atoms with Gasteiger partial charge in [0.25, 0.3) is 0 Å². The Morgan fingerprint density at radius 3 is 2.11 bits per heavy atom. The number of imide groups is 1. The molecule has 0 radical (unpaired) electrons. The molecule has 0 unspecified atom stereocenters. The van der Waals surface area contributed by atoms with Crippen molar-refractivity contribution in [3.05, 3.63) is 65.2 Å². The zero-order valence-corrected chi connectivity index (χ0v) is 20.1. The number of fused-ring (bicyclic) bond motifs is 1. The van der Waals surface area contributed by atoms with Gasteiger partial charge in [0.1, 0.15) is 5.75 Å². The van der Waals surface area contributed by atoms with E-state index < -0.39 is 11.9 Å². The molecule has 2 aliphatic heterocycles. The predicted octanol–water partition coefficient (Wildman–Crippen LogP) is 4.03. The first-order valence-corrected chi connectivity index (χ1v) is 12.0. The average Bonchev–Trinajstić information content (AvgIpc) is 3.32. The number of hydrogen-bond donors (Lipinski definition) is 0. The fourth-order valence-corrected chi connectivity index (χ4v) is 5.39. The van der Waals surface area contributed by atoms with Gasteiger partial charge in [-0.3, -0.25) is 19.2 Å². The van der Waals surface area contributed by atoms with Gasteiger partial charge in [-0.15, -0.1) is 0 Å². The summed E-state index contributed by atoms with van der Waals surface area (Å²) >= 11 is 0. The predicted molar refractivity (Wildman–Crippen MR) is 131 cm³/mol. The number of carbonyl (C=O) groups is 4. The van der Waals surface area contributed by atoms with Crippen molar-refractivity contribution in [1.29, 1.82) is 0 Å². The summed E-state index contributed by atoms with van der Waals surface area (Å²) < 4.78 is 5.61. The Morgan fingerprint density at radius 2 is 1.49 bits per heavy atom. The van der Waals surface area contributed by atoms with Crippen LogP contribution in [-0.2, 0) is 19.2 Å². The monoisotopic (exact) mass is 472 g/mol. The molecule has 2 saturated heterocycles. The van der Waals surface area contributed by atoms with E-state index in [1.807, 2.05) is 44.2 Å². The Bertz CT molecular complexity index is 1250. The van der Waals surface area contributed by atoms with E-state index in [4.69, 9.17) is 4.74 Å². The van der Waals surface area contributed by atoms with Gasteiger partial charge in [-0.25, -0.2) is 4.90 Å². The van der Waals surface area contributed by atoms with Crippen molar-refractivity contribution in [2.24, 2.45) is 17.8 Å². The van der Waals surface area contributed by atoms with E-state index in [0.717, 1.165) is 16.8 Å². The van der Waals surface area contributed by atoms with E-state index in [1.165, 1.54) is 4.90 Å². The highest BCUT2D eigenvalue weighted by Gasteiger charge is 2.48. The molecule has 0 aromatic heterocycles. The lowest BCUT2D eigenvalue weighted by Crippen LogP contribution is -2.31. The smallest absolute Gasteiger partial charge is 0.316 e. The minimum Gasteiger partial charge on any atom is -0.426 e. The van der Waals surface area contributed by atoms with Crippen LogP contribution in [0.3, 0.4) is 0 Å². The van der Waals surface area contributed by atoms with E-state index >= 15 is 0 Å². The van der Waals surface area contributed by atoms with Gasteiger partial charge in [-0.1, -0.05) is 29.8 Å². The molecule has 3 amide bonds. The van der Waals surface area contributed by atoms with E-state index in [0.29, 0.717) is 29.8 Å². The number of allylic oxidation sites excluding steroid dienone is 2. The number of aryl methyl sites for hydroxylation is 3. The average molecular weight is 473 g/mol. The minimum atomic E-state index is -0.569. The van der Waals surface area contributed by atoms with Crippen molar-refractivity contribution >= 4 is 35.1 Å². The van der Waals surface area contributed by atoms with Crippen LogP contribution in [0.2, 0.25) is 0 Å². The maximum atomic E-state index is 12.9. The summed E-state index contributed by atoms with van der Waals surface area (Å²) in [7, 11) is 0. The molecule has 7 nitrogen and oxygen atoms in total. The summed E-state index contributed by atoms with van der Waals surface area (Å²) in [6.07, 6.45) is 5.18. The van der Waals surface area contributed by atoms with Crippen LogP contribution in [-0.4, -0.2) is 30.2 Å². The number of benzene rings is 2. The molecule has 2 fully saturated rings. The van der Waals surface area contributed by atoms with Crippen LogP contribution >= 0.6 is 0 Å². The molecular formula is C28H28N2O5. The van der Waals surface area contributed by atoms with Crippen molar-refractivity contribution in [1.82, 2.24) is 0 Å². The molecule has 7 heteroatoms. The highest BCUT2D eigenvalue weighted by atomic mass is 16.5. The zero-order chi connectivity index (χ0) is 24.9. The van der Waals surface area contributed by atoms with Gasteiger partial charge in [0.15, 0.2) is 0 Å². The molecule has 2 aromatic rings. The van der Waals surface area contributed by atoms with Gasteiger partial charge in [0, 0.05) is 18.7 Å². The van der Waals surface area contributed by atoms with Gasteiger partial charge >= 0.3 is 5.97 Å². The molecule has 3 aliphatic rings. The lowest BCUT2D eigenvalue weighted by Gasteiger charge is -2.20. The van der Waals surface area contributed by atoms with Gasteiger partial charge in [0.2, 0.25) is 17.7 Å². The minimum absolute atomic E-state index is 0.0941. The fraction of sp³-hybridized carbons (Fsp3) is 0.357. The second-order valence-corrected chi connectivity index (χ2v) is 9.73. The number of anilines is 2. The molecule has 0 saturated carbocycles. The van der Waals surface area contributed by atoms with E-state index in [2.05, 4.69) is 0 Å². The zero-order valence-electron chi connectivity index (χ0n) is 20.1. The first-order chi connectivity index (χ1) is 16.7. The van der Waals surface area contributed by atoms with Crippen LogP contribution in [0, 0.1) is 38.5 Å². The van der Waals surface area contributed by atoms with Crippen LogP contribution < -0.4 is 14.5 Å². The number of carbonyl (C=O) groups excluding carboxylic acids is 4. The quantitative estimate of drug-likeness (QED) is 0.290. The second-order valence-electron chi connectivity index (χ2n) is 9.73. The number of amides is 3. The molecule has 180 valence electrons. The first kappa shape index (κ1) is 23.0. The van der Waals surface area contributed by atoms with Crippen molar-refractivity contribution in [2.75, 3.05) is 16.3 Å². The third-order valence-corrected chi connectivity index (χ3v) is 7.24. The summed E-state index contributed by atoms with van der Waals surface area (Å²) in [5.41, 5.74) is 4.10. The van der Waals surface area contributed by atoms with Gasteiger partial charge in [0.05, 0.1) is 23.4 Å².